The predicted octanol–water partition coefficient (Wildman–Crippen LogP) is 2.03. The van der Waals surface area contributed by atoms with Crippen molar-refractivity contribution in [1.29, 1.82) is 0 Å². The summed E-state index contributed by atoms with van der Waals surface area (Å²) in [5.74, 6) is 0. The van der Waals surface area contributed by atoms with Gasteiger partial charge in [-0.25, -0.2) is 0 Å². The molecule has 2 nitrogen and oxygen atoms in total. The molecular weight excluding hydrogens is 174 g/mol. The van der Waals surface area contributed by atoms with Crippen LogP contribution in [-0.2, 0) is 11.3 Å². The number of hydrogen-bond acceptors (Lipinski definition) is 2. The Morgan fingerprint density at radius 2 is 2.07 bits per heavy atom. The number of ether oxygens (including phenoxy) is 1. The van der Waals surface area contributed by atoms with E-state index in [9.17, 15) is 0 Å². The summed E-state index contributed by atoms with van der Waals surface area (Å²) in [5.41, 5.74) is 2.41. The third-order valence-corrected chi connectivity index (χ3v) is 2.44. The van der Waals surface area contributed by atoms with E-state index in [-0.39, 0.29) is 0 Å². The van der Waals surface area contributed by atoms with Crippen molar-refractivity contribution in [2.24, 2.45) is 0 Å². The van der Waals surface area contributed by atoms with E-state index in [0.29, 0.717) is 6.61 Å². The van der Waals surface area contributed by atoms with Crippen LogP contribution in [-0.4, -0.2) is 24.7 Å². The van der Waals surface area contributed by atoms with E-state index in [0.717, 1.165) is 25.4 Å². The molecule has 0 saturated carbocycles. The van der Waals surface area contributed by atoms with Crippen LogP contribution >= 0.6 is 0 Å². The number of morpholine rings is 1. The Labute approximate surface area is 84.8 Å². The van der Waals surface area contributed by atoms with Crippen LogP contribution in [0, 0.1) is 0 Å². The normalized spacial score (nSPS) is 17.1. The van der Waals surface area contributed by atoms with E-state index in [1.54, 1.807) is 0 Å². The largest absolute Gasteiger partial charge is 0.373 e. The SMILES string of the molecule is C=C1COCCN1Cc1ccccc1. The molecule has 0 bridgehead atoms. The number of nitrogens with zero attached hydrogens (tertiary/aromatic N) is 1. The van der Waals surface area contributed by atoms with E-state index in [1.807, 2.05) is 6.07 Å². The summed E-state index contributed by atoms with van der Waals surface area (Å²) >= 11 is 0. The topological polar surface area (TPSA) is 12.5 Å². The molecule has 1 aliphatic heterocycles. The first-order valence-corrected chi connectivity index (χ1v) is 4.90. The van der Waals surface area contributed by atoms with Crippen LogP contribution in [0.4, 0.5) is 0 Å². The van der Waals surface area contributed by atoms with Gasteiger partial charge in [-0.05, 0) is 5.56 Å². The Balaban J connectivity index is 2.00. The fourth-order valence-corrected chi connectivity index (χ4v) is 1.61. The van der Waals surface area contributed by atoms with Crippen LogP contribution in [0.25, 0.3) is 0 Å². The van der Waals surface area contributed by atoms with Crippen molar-refractivity contribution in [3.63, 3.8) is 0 Å². The van der Waals surface area contributed by atoms with Crippen LogP contribution in [0.5, 0.6) is 0 Å². The van der Waals surface area contributed by atoms with E-state index in [2.05, 4.69) is 35.7 Å². The van der Waals surface area contributed by atoms with Gasteiger partial charge < -0.3 is 9.64 Å². The Kier molecular flexibility index (Phi) is 2.84. The van der Waals surface area contributed by atoms with Gasteiger partial charge in [0.05, 0.1) is 13.2 Å². The lowest BCUT2D eigenvalue weighted by molar-refractivity contribution is 0.0708. The highest BCUT2D eigenvalue weighted by Crippen LogP contribution is 2.12. The van der Waals surface area contributed by atoms with Crippen LogP contribution in [0.2, 0.25) is 0 Å². The molecule has 1 saturated heterocycles. The monoisotopic (exact) mass is 189 g/mol. The highest BCUT2D eigenvalue weighted by atomic mass is 16.5. The number of rotatable bonds is 2. The summed E-state index contributed by atoms with van der Waals surface area (Å²) in [6, 6.07) is 10.5. The average molecular weight is 189 g/mol. The van der Waals surface area contributed by atoms with E-state index in [4.69, 9.17) is 4.74 Å². The maximum Gasteiger partial charge on any atom is 0.0859 e. The van der Waals surface area contributed by atoms with Gasteiger partial charge in [0.1, 0.15) is 0 Å². The summed E-state index contributed by atoms with van der Waals surface area (Å²) in [6.45, 7) is 7.38. The zero-order valence-corrected chi connectivity index (χ0v) is 8.28. The summed E-state index contributed by atoms with van der Waals surface area (Å²) in [5, 5.41) is 0. The van der Waals surface area contributed by atoms with Crippen LogP contribution < -0.4 is 0 Å². The summed E-state index contributed by atoms with van der Waals surface area (Å²) in [4.78, 5) is 2.28. The molecule has 2 rings (SSSR count). The van der Waals surface area contributed by atoms with Crippen molar-refractivity contribution in [2.75, 3.05) is 19.8 Å². The minimum Gasteiger partial charge on any atom is -0.373 e. The van der Waals surface area contributed by atoms with Gasteiger partial charge in [-0.3, -0.25) is 0 Å². The van der Waals surface area contributed by atoms with Crippen molar-refractivity contribution >= 4 is 0 Å². The Morgan fingerprint density at radius 1 is 1.29 bits per heavy atom. The van der Waals surface area contributed by atoms with E-state index in [1.165, 1.54) is 5.56 Å². The highest BCUT2D eigenvalue weighted by molar-refractivity contribution is 5.15. The number of benzene rings is 1. The van der Waals surface area contributed by atoms with Crippen molar-refractivity contribution < 1.29 is 4.74 Å². The van der Waals surface area contributed by atoms with Gasteiger partial charge >= 0.3 is 0 Å². The maximum atomic E-state index is 5.31. The molecule has 0 spiro atoms. The molecule has 1 aliphatic rings. The van der Waals surface area contributed by atoms with Gasteiger partial charge in [-0.15, -0.1) is 0 Å². The summed E-state index contributed by atoms with van der Waals surface area (Å²) < 4.78 is 5.31. The van der Waals surface area contributed by atoms with Crippen molar-refractivity contribution in [3.05, 3.63) is 48.2 Å². The molecule has 1 fully saturated rings. The summed E-state index contributed by atoms with van der Waals surface area (Å²) in [7, 11) is 0. The number of hydrogen-bond donors (Lipinski definition) is 0. The highest BCUT2D eigenvalue weighted by Gasteiger charge is 2.12. The molecule has 0 radical (unpaired) electrons. The zero-order chi connectivity index (χ0) is 9.80. The minimum atomic E-state index is 0.673. The third-order valence-electron chi connectivity index (χ3n) is 2.44. The molecule has 1 heterocycles. The molecule has 14 heavy (non-hydrogen) atoms. The molecular formula is C12H15NO. The summed E-state index contributed by atoms with van der Waals surface area (Å²) in [6.07, 6.45) is 0. The molecule has 0 amide bonds. The predicted molar refractivity (Wildman–Crippen MR) is 56.8 cm³/mol. The Hall–Kier alpha value is -1.28. The molecule has 0 aliphatic carbocycles. The quantitative estimate of drug-likeness (QED) is 0.706. The molecule has 74 valence electrons. The second-order valence-electron chi connectivity index (χ2n) is 3.53. The Bertz CT molecular complexity index is 307. The van der Waals surface area contributed by atoms with E-state index >= 15 is 0 Å². The molecule has 0 N–H and O–H groups in total. The van der Waals surface area contributed by atoms with Gasteiger partial charge in [-0.1, -0.05) is 36.9 Å². The first kappa shape index (κ1) is 9.28. The van der Waals surface area contributed by atoms with Crippen molar-refractivity contribution in [1.82, 2.24) is 4.90 Å². The maximum absolute atomic E-state index is 5.31. The average Bonchev–Trinajstić information content (AvgIpc) is 2.23. The molecule has 1 aromatic rings. The van der Waals surface area contributed by atoms with Gasteiger partial charge in [-0.2, -0.15) is 0 Å². The van der Waals surface area contributed by atoms with Crippen molar-refractivity contribution in [3.8, 4) is 0 Å². The fraction of sp³-hybridized carbons (Fsp3) is 0.333. The van der Waals surface area contributed by atoms with Crippen LogP contribution in [0.3, 0.4) is 0 Å². The molecule has 0 unspecified atom stereocenters. The van der Waals surface area contributed by atoms with Gasteiger partial charge in [0.25, 0.3) is 0 Å². The van der Waals surface area contributed by atoms with Gasteiger partial charge in [0.2, 0.25) is 0 Å². The minimum absolute atomic E-state index is 0.673. The lowest BCUT2D eigenvalue weighted by Crippen LogP contribution is -2.33. The lowest BCUT2D eigenvalue weighted by atomic mass is 10.2. The van der Waals surface area contributed by atoms with Crippen LogP contribution in [0.15, 0.2) is 42.6 Å². The first-order chi connectivity index (χ1) is 6.86. The lowest BCUT2D eigenvalue weighted by Gasteiger charge is -2.30. The smallest absolute Gasteiger partial charge is 0.0859 e. The molecule has 0 atom stereocenters. The standard InChI is InChI=1S/C12H15NO/c1-11-10-14-8-7-13(11)9-12-5-3-2-4-6-12/h2-6H,1,7-10H2. The molecule has 2 heteroatoms. The second kappa shape index (κ2) is 4.29. The molecule has 0 aromatic heterocycles. The van der Waals surface area contributed by atoms with Gasteiger partial charge in [0.15, 0.2) is 0 Å². The van der Waals surface area contributed by atoms with Crippen LogP contribution in [0.1, 0.15) is 5.56 Å². The molecule has 1 aromatic carbocycles. The van der Waals surface area contributed by atoms with E-state index < -0.39 is 0 Å². The fourth-order valence-electron chi connectivity index (χ4n) is 1.61. The second-order valence-corrected chi connectivity index (χ2v) is 3.53. The van der Waals surface area contributed by atoms with Crippen molar-refractivity contribution in [2.45, 2.75) is 6.54 Å². The third kappa shape index (κ3) is 2.15. The van der Waals surface area contributed by atoms with Gasteiger partial charge in [0, 0.05) is 18.8 Å². The first-order valence-electron chi connectivity index (χ1n) is 4.90. The zero-order valence-electron chi connectivity index (χ0n) is 8.28. The Morgan fingerprint density at radius 3 is 2.79 bits per heavy atom.